The van der Waals surface area contributed by atoms with Gasteiger partial charge in [-0.3, -0.25) is 14.5 Å². The van der Waals surface area contributed by atoms with Crippen LogP contribution >= 0.6 is 11.6 Å². The third-order valence-corrected chi connectivity index (χ3v) is 5.39. The second kappa shape index (κ2) is 6.82. The van der Waals surface area contributed by atoms with Crippen LogP contribution in [0.5, 0.6) is 0 Å². The van der Waals surface area contributed by atoms with Crippen LogP contribution in [-0.4, -0.2) is 29.2 Å². The van der Waals surface area contributed by atoms with Crippen molar-refractivity contribution in [2.75, 3.05) is 6.54 Å². The molecular formula is C21H21ClN2O3. The largest absolute Gasteiger partial charge is 0.325 e. The summed E-state index contributed by atoms with van der Waals surface area (Å²) in [7, 11) is 0. The van der Waals surface area contributed by atoms with Gasteiger partial charge in [0.2, 0.25) is 0 Å². The molecule has 0 aromatic heterocycles. The number of hydrogen-bond donors (Lipinski definition) is 1. The van der Waals surface area contributed by atoms with Crippen molar-refractivity contribution in [3.63, 3.8) is 0 Å². The van der Waals surface area contributed by atoms with Crippen molar-refractivity contribution in [3.05, 3.63) is 69.2 Å². The highest BCUT2D eigenvalue weighted by molar-refractivity contribution is 6.30. The number of nitrogens with zero attached hydrogens (tertiary/aromatic N) is 1. The molecule has 5 nitrogen and oxygen atoms in total. The lowest BCUT2D eigenvalue weighted by Crippen LogP contribution is -2.41. The number of hydrogen-bond acceptors (Lipinski definition) is 3. The molecular weight excluding hydrogens is 364 g/mol. The Balaban J connectivity index is 1.87. The molecule has 3 rings (SSSR count). The number of carbonyl (C=O) groups excluding carboxylic acids is 3. The normalized spacial score (nSPS) is 19.4. The maximum Gasteiger partial charge on any atom is 0.325 e. The summed E-state index contributed by atoms with van der Waals surface area (Å²) in [6, 6.07) is 9.88. The molecule has 3 amide bonds. The van der Waals surface area contributed by atoms with E-state index in [9.17, 15) is 14.4 Å². The van der Waals surface area contributed by atoms with E-state index in [0.717, 1.165) is 21.6 Å². The van der Waals surface area contributed by atoms with E-state index in [1.54, 1.807) is 31.2 Å². The Kier molecular flexibility index (Phi) is 4.82. The fourth-order valence-electron chi connectivity index (χ4n) is 3.31. The van der Waals surface area contributed by atoms with E-state index in [1.807, 2.05) is 32.9 Å². The number of rotatable bonds is 4. The van der Waals surface area contributed by atoms with Crippen molar-refractivity contribution < 1.29 is 14.4 Å². The van der Waals surface area contributed by atoms with Crippen LogP contribution in [0.1, 0.15) is 39.5 Å². The Hall–Kier alpha value is -2.66. The van der Waals surface area contributed by atoms with Crippen LogP contribution in [0, 0.1) is 20.8 Å². The average Bonchev–Trinajstić information content (AvgIpc) is 2.82. The van der Waals surface area contributed by atoms with Gasteiger partial charge in [-0.15, -0.1) is 0 Å². The number of imide groups is 1. The highest BCUT2D eigenvalue weighted by atomic mass is 35.5. The highest BCUT2D eigenvalue weighted by Crippen LogP contribution is 2.30. The zero-order chi connectivity index (χ0) is 19.9. The topological polar surface area (TPSA) is 66.5 Å². The molecule has 1 N–H and O–H groups in total. The number of amides is 3. The lowest BCUT2D eigenvalue weighted by molar-refractivity contribution is -0.130. The Morgan fingerprint density at radius 2 is 1.63 bits per heavy atom. The summed E-state index contributed by atoms with van der Waals surface area (Å²) >= 11 is 5.91. The molecule has 140 valence electrons. The van der Waals surface area contributed by atoms with Crippen molar-refractivity contribution in [2.45, 2.75) is 33.2 Å². The van der Waals surface area contributed by atoms with E-state index in [1.165, 1.54) is 0 Å². The molecule has 1 saturated heterocycles. The Bertz CT molecular complexity index is 953. The van der Waals surface area contributed by atoms with Gasteiger partial charge in [-0.05, 0) is 68.1 Å². The van der Waals surface area contributed by atoms with Crippen LogP contribution in [0.2, 0.25) is 5.02 Å². The van der Waals surface area contributed by atoms with Crippen molar-refractivity contribution in [3.8, 4) is 0 Å². The number of urea groups is 1. The predicted octanol–water partition coefficient (Wildman–Crippen LogP) is 3.92. The molecule has 2 aromatic rings. The smallest absolute Gasteiger partial charge is 0.319 e. The first-order valence-electron chi connectivity index (χ1n) is 8.64. The summed E-state index contributed by atoms with van der Waals surface area (Å²) in [5.41, 5.74) is 2.83. The first-order valence-corrected chi connectivity index (χ1v) is 9.02. The molecule has 0 bridgehead atoms. The monoisotopic (exact) mass is 384 g/mol. The van der Waals surface area contributed by atoms with Crippen molar-refractivity contribution in [1.82, 2.24) is 10.2 Å². The van der Waals surface area contributed by atoms with E-state index in [2.05, 4.69) is 5.32 Å². The van der Waals surface area contributed by atoms with Crippen LogP contribution in [0.25, 0.3) is 0 Å². The second-order valence-electron chi connectivity index (χ2n) is 7.13. The number of ketones is 1. The van der Waals surface area contributed by atoms with Crippen molar-refractivity contribution >= 4 is 29.3 Å². The Morgan fingerprint density at radius 1 is 1.04 bits per heavy atom. The van der Waals surface area contributed by atoms with Crippen LogP contribution in [0.3, 0.4) is 0 Å². The molecule has 1 aliphatic rings. The molecule has 0 saturated carbocycles. The summed E-state index contributed by atoms with van der Waals surface area (Å²) in [5.74, 6) is -0.718. The van der Waals surface area contributed by atoms with E-state index in [-0.39, 0.29) is 12.3 Å². The van der Waals surface area contributed by atoms with E-state index >= 15 is 0 Å². The third kappa shape index (κ3) is 3.35. The zero-order valence-electron chi connectivity index (χ0n) is 15.7. The quantitative estimate of drug-likeness (QED) is 0.641. The molecule has 1 aliphatic heterocycles. The predicted molar refractivity (Wildman–Crippen MR) is 104 cm³/mol. The van der Waals surface area contributed by atoms with Gasteiger partial charge in [0.15, 0.2) is 5.78 Å². The van der Waals surface area contributed by atoms with Crippen LogP contribution in [0.4, 0.5) is 4.79 Å². The maximum absolute atomic E-state index is 13.0. The number of halogens is 1. The number of Topliss-reactive ketones (excluding diaryl/α,β-unsaturated/α-hetero) is 1. The second-order valence-corrected chi connectivity index (χ2v) is 7.56. The minimum absolute atomic E-state index is 0.264. The fraction of sp³-hybridized carbons (Fsp3) is 0.286. The summed E-state index contributed by atoms with van der Waals surface area (Å²) in [6.07, 6.45) is 0. The first-order chi connectivity index (χ1) is 12.6. The maximum atomic E-state index is 13.0. The lowest BCUT2D eigenvalue weighted by atomic mass is 9.92. The summed E-state index contributed by atoms with van der Waals surface area (Å²) in [5, 5.41) is 3.24. The van der Waals surface area contributed by atoms with Gasteiger partial charge in [-0.25, -0.2) is 4.79 Å². The number of benzene rings is 2. The molecule has 0 aliphatic carbocycles. The number of aryl methyl sites for hydroxylation is 3. The van der Waals surface area contributed by atoms with Gasteiger partial charge >= 0.3 is 6.03 Å². The molecule has 6 heteroatoms. The zero-order valence-corrected chi connectivity index (χ0v) is 16.5. The summed E-state index contributed by atoms with van der Waals surface area (Å²) < 4.78 is 0. The van der Waals surface area contributed by atoms with Gasteiger partial charge in [0.25, 0.3) is 5.91 Å². The van der Waals surface area contributed by atoms with Gasteiger partial charge in [0.1, 0.15) is 5.54 Å². The SMILES string of the molecule is Cc1cc(C)c(C(=O)CN2C(=O)N[C@](C)(c3ccc(Cl)cc3)C2=O)cc1C. The standard InChI is InChI=1S/C21H21ClN2O3/c1-12-9-14(3)17(10-13(12)2)18(25)11-24-19(26)21(4,23-20(24)27)15-5-7-16(22)8-6-15/h5-10H,11H2,1-4H3,(H,23,27)/t21-/m1/s1. The Morgan fingerprint density at radius 3 is 2.26 bits per heavy atom. The third-order valence-electron chi connectivity index (χ3n) is 5.14. The van der Waals surface area contributed by atoms with Crippen molar-refractivity contribution in [2.24, 2.45) is 0 Å². The van der Waals surface area contributed by atoms with Gasteiger partial charge in [-0.1, -0.05) is 29.8 Å². The van der Waals surface area contributed by atoms with Crippen molar-refractivity contribution in [1.29, 1.82) is 0 Å². The van der Waals surface area contributed by atoms with E-state index in [4.69, 9.17) is 11.6 Å². The number of nitrogens with one attached hydrogen (secondary N) is 1. The summed E-state index contributed by atoms with van der Waals surface area (Å²) in [6.45, 7) is 7.09. The molecule has 0 unspecified atom stereocenters. The minimum atomic E-state index is -1.22. The highest BCUT2D eigenvalue weighted by Gasteiger charge is 2.49. The van der Waals surface area contributed by atoms with Gasteiger partial charge in [-0.2, -0.15) is 0 Å². The molecule has 1 fully saturated rings. The first kappa shape index (κ1) is 19.1. The van der Waals surface area contributed by atoms with Crippen LogP contribution in [0.15, 0.2) is 36.4 Å². The fourth-order valence-corrected chi connectivity index (χ4v) is 3.44. The summed E-state index contributed by atoms with van der Waals surface area (Å²) in [4.78, 5) is 39.1. The molecule has 27 heavy (non-hydrogen) atoms. The van der Waals surface area contributed by atoms with Crippen LogP contribution in [-0.2, 0) is 10.3 Å². The number of carbonyl (C=O) groups is 3. The van der Waals surface area contributed by atoms with Crippen LogP contribution < -0.4 is 5.32 Å². The minimum Gasteiger partial charge on any atom is -0.319 e. The lowest BCUT2D eigenvalue weighted by Gasteiger charge is -2.22. The molecule has 0 radical (unpaired) electrons. The molecule has 1 heterocycles. The van der Waals surface area contributed by atoms with Gasteiger partial charge < -0.3 is 5.32 Å². The molecule has 1 atom stereocenters. The van der Waals surface area contributed by atoms with Gasteiger partial charge in [0.05, 0.1) is 6.54 Å². The van der Waals surface area contributed by atoms with Gasteiger partial charge in [0, 0.05) is 10.6 Å². The average molecular weight is 385 g/mol. The van der Waals surface area contributed by atoms with E-state index < -0.39 is 17.5 Å². The molecule has 2 aromatic carbocycles. The van der Waals surface area contributed by atoms with E-state index in [0.29, 0.717) is 16.1 Å². The Labute approximate surface area is 163 Å². The molecule has 0 spiro atoms.